The zero-order chi connectivity index (χ0) is 27.9. The summed E-state index contributed by atoms with van der Waals surface area (Å²) < 4.78 is 5.76. The maximum absolute atomic E-state index is 13.1. The van der Waals surface area contributed by atoms with Crippen LogP contribution < -0.4 is 15.6 Å². The summed E-state index contributed by atoms with van der Waals surface area (Å²) >= 11 is 18.5. The van der Waals surface area contributed by atoms with Crippen LogP contribution in [0.4, 0.5) is 5.69 Å². The average Bonchev–Trinajstić information content (AvgIpc) is 3.38. The Morgan fingerprint density at radius 3 is 2.36 bits per heavy atom. The van der Waals surface area contributed by atoms with E-state index in [9.17, 15) is 9.59 Å². The van der Waals surface area contributed by atoms with Crippen LogP contribution in [-0.2, 0) is 4.79 Å². The molecule has 0 saturated heterocycles. The fraction of sp³-hybridized carbons (Fsp3) is 0.0690. The maximum Gasteiger partial charge on any atom is 0.287 e. The largest absolute Gasteiger partial charge is 0.455 e. The Hall–Kier alpha value is -4.04. The van der Waals surface area contributed by atoms with Crippen LogP contribution in [-0.4, -0.2) is 32.1 Å². The fourth-order valence-electron chi connectivity index (χ4n) is 3.50. The number of amides is 2. The van der Waals surface area contributed by atoms with Gasteiger partial charge in [-0.25, -0.2) is 5.43 Å². The predicted molar refractivity (Wildman–Crippen MR) is 158 cm³/mol. The molecule has 0 unspecified atom stereocenters. The summed E-state index contributed by atoms with van der Waals surface area (Å²) in [4.78, 5) is 27.9. The van der Waals surface area contributed by atoms with Crippen molar-refractivity contribution in [2.75, 3.05) is 19.0 Å². The number of hydrazone groups is 1. The maximum atomic E-state index is 13.1. The monoisotopic (exact) mass is 580 g/mol. The van der Waals surface area contributed by atoms with Gasteiger partial charge in [0.05, 0.1) is 21.8 Å². The van der Waals surface area contributed by atoms with Crippen molar-refractivity contribution in [2.45, 2.75) is 0 Å². The lowest BCUT2D eigenvalue weighted by Gasteiger charge is -2.13. The van der Waals surface area contributed by atoms with E-state index in [0.29, 0.717) is 32.7 Å². The highest BCUT2D eigenvalue weighted by Crippen LogP contribution is 2.31. The summed E-state index contributed by atoms with van der Waals surface area (Å²) in [6.07, 6.45) is 2.88. The number of nitrogens with one attached hydrogen (secondary N) is 2. The highest BCUT2D eigenvalue weighted by atomic mass is 35.5. The Labute approximate surface area is 240 Å². The first-order chi connectivity index (χ1) is 18.7. The normalized spacial score (nSPS) is 11.5. The summed E-state index contributed by atoms with van der Waals surface area (Å²) in [6.45, 7) is 0. The molecule has 0 bridgehead atoms. The van der Waals surface area contributed by atoms with Gasteiger partial charge in [0.25, 0.3) is 11.8 Å². The van der Waals surface area contributed by atoms with Crippen LogP contribution in [0.15, 0.2) is 94.1 Å². The molecule has 4 aromatic rings. The Morgan fingerprint density at radius 2 is 1.64 bits per heavy atom. The molecular weight excluding hydrogens is 559 g/mol. The van der Waals surface area contributed by atoms with Gasteiger partial charge in [0.15, 0.2) is 0 Å². The van der Waals surface area contributed by atoms with E-state index in [-0.39, 0.29) is 16.3 Å². The van der Waals surface area contributed by atoms with Gasteiger partial charge in [-0.15, -0.1) is 0 Å². The van der Waals surface area contributed by atoms with Crippen LogP contribution in [0.25, 0.3) is 17.4 Å². The number of furan rings is 1. The molecule has 0 aliphatic heterocycles. The van der Waals surface area contributed by atoms with E-state index < -0.39 is 11.8 Å². The van der Waals surface area contributed by atoms with Gasteiger partial charge in [-0.3, -0.25) is 9.59 Å². The quantitative estimate of drug-likeness (QED) is 0.135. The molecule has 0 aliphatic carbocycles. The Balaban J connectivity index is 1.53. The van der Waals surface area contributed by atoms with Crippen LogP contribution in [0, 0.1) is 0 Å². The average molecular weight is 582 g/mol. The van der Waals surface area contributed by atoms with E-state index in [0.717, 1.165) is 5.69 Å². The summed E-state index contributed by atoms with van der Waals surface area (Å²) in [7, 11) is 3.86. The summed E-state index contributed by atoms with van der Waals surface area (Å²) in [6, 6.07) is 22.5. The summed E-state index contributed by atoms with van der Waals surface area (Å²) in [5, 5.41) is 7.88. The van der Waals surface area contributed by atoms with Gasteiger partial charge in [-0.05, 0) is 66.2 Å². The van der Waals surface area contributed by atoms with Crippen molar-refractivity contribution in [3.05, 3.63) is 117 Å². The molecule has 0 atom stereocenters. The van der Waals surface area contributed by atoms with Gasteiger partial charge in [-0.1, -0.05) is 59.1 Å². The highest BCUT2D eigenvalue weighted by molar-refractivity contribution is 6.35. The van der Waals surface area contributed by atoms with Gasteiger partial charge < -0.3 is 14.6 Å². The minimum Gasteiger partial charge on any atom is -0.455 e. The molecule has 3 aromatic carbocycles. The van der Waals surface area contributed by atoms with Crippen LogP contribution in [0.1, 0.15) is 21.7 Å². The molecule has 0 radical (unpaired) electrons. The summed E-state index contributed by atoms with van der Waals surface area (Å²) in [5.41, 5.74) is 4.93. The van der Waals surface area contributed by atoms with Crippen LogP contribution in [0.2, 0.25) is 15.1 Å². The molecule has 2 N–H and O–H groups in total. The number of anilines is 1. The number of carbonyl (C=O) groups excluding carboxylic acids is 2. The van der Waals surface area contributed by atoms with Crippen molar-refractivity contribution in [3.8, 4) is 11.3 Å². The zero-order valence-corrected chi connectivity index (χ0v) is 23.2. The number of benzene rings is 3. The van der Waals surface area contributed by atoms with E-state index in [1.165, 1.54) is 6.21 Å². The van der Waals surface area contributed by atoms with E-state index in [4.69, 9.17) is 39.2 Å². The molecule has 4 rings (SSSR count). The fourth-order valence-corrected chi connectivity index (χ4v) is 4.10. The van der Waals surface area contributed by atoms with E-state index in [2.05, 4.69) is 15.8 Å². The first-order valence-electron chi connectivity index (χ1n) is 11.6. The predicted octanol–water partition coefficient (Wildman–Crippen LogP) is 6.89. The number of hydrogen-bond acceptors (Lipinski definition) is 5. The molecule has 2 amide bonds. The molecule has 0 fully saturated rings. The second-order valence-electron chi connectivity index (χ2n) is 8.50. The number of carbonyl (C=O) groups is 2. The Bertz CT molecular complexity index is 1560. The smallest absolute Gasteiger partial charge is 0.287 e. The molecule has 0 aliphatic rings. The van der Waals surface area contributed by atoms with Crippen molar-refractivity contribution in [1.29, 1.82) is 0 Å². The molecule has 1 aromatic heterocycles. The second kappa shape index (κ2) is 12.7. The molecule has 198 valence electrons. The minimum atomic E-state index is -0.645. The Morgan fingerprint density at radius 1 is 0.897 bits per heavy atom. The van der Waals surface area contributed by atoms with Crippen molar-refractivity contribution in [3.63, 3.8) is 0 Å². The second-order valence-corrected chi connectivity index (χ2v) is 9.75. The van der Waals surface area contributed by atoms with E-state index >= 15 is 0 Å². The molecule has 1 heterocycles. The number of hydrogen-bond donors (Lipinski definition) is 2. The molecule has 0 spiro atoms. The third-order valence-electron chi connectivity index (χ3n) is 5.51. The highest BCUT2D eigenvalue weighted by Gasteiger charge is 2.16. The number of nitrogens with zero attached hydrogens (tertiary/aromatic N) is 2. The van der Waals surface area contributed by atoms with E-state index in [1.807, 2.05) is 43.3 Å². The van der Waals surface area contributed by atoms with Crippen LogP contribution >= 0.6 is 34.8 Å². The molecule has 39 heavy (non-hydrogen) atoms. The van der Waals surface area contributed by atoms with Crippen molar-refractivity contribution >= 4 is 64.6 Å². The topological polar surface area (TPSA) is 86.9 Å². The number of rotatable bonds is 8. The van der Waals surface area contributed by atoms with Gasteiger partial charge in [-0.2, -0.15) is 5.10 Å². The first-order valence-corrected chi connectivity index (χ1v) is 12.8. The van der Waals surface area contributed by atoms with Gasteiger partial charge in [0.2, 0.25) is 0 Å². The van der Waals surface area contributed by atoms with Crippen molar-refractivity contribution < 1.29 is 14.0 Å². The lowest BCUT2D eigenvalue weighted by Crippen LogP contribution is -2.33. The number of halogens is 3. The Kier molecular flexibility index (Phi) is 9.09. The first kappa shape index (κ1) is 28.0. The lowest BCUT2D eigenvalue weighted by molar-refractivity contribution is -0.117. The third kappa shape index (κ3) is 7.29. The molecular formula is C29H23Cl3N4O3. The van der Waals surface area contributed by atoms with Gasteiger partial charge in [0.1, 0.15) is 17.2 Å². The van der Waals surface area contributed by atoms with Crippen molar-refractivity contribution in [2.24, 2.45) is 5.10 Å². The van der Waals surface area contributed by atoms with Gasteiger partial charge in [0, 0.05) is 30.4 Å². The molecule has 7 nitrogen and oxygen atoms in total. The minimum absolute atomic E-state index is 0.0273. The zero-order valence-electron chi connectivity index (χ0n) is 20.9. The summed E-state index contributed by atoms with van der Waals surface area (Å²) in [5.74, 6) is -0.326. The SMILES string of the molecule is CN(C)c1ccc(/C=C(/NC(=O)c2ccccc2Cl)C(=O)N/N=C\c2ccc(-c3cc(Cl)ccc3Cl)o2)cc1. The van der Waals surface area contributed by atoms with Gasteiger partial charge >= 0.3 is 0 Å². The molecule has 10 heteroatoms. The van der Waals surface area contributed by atoms with Crippen LogP contribution in [0.3, 0.4) is 0 Å². The van der Waals surface area contributed by atoms with Crippen LogP contribution in [0.5, 0.6) is 0 Å². The standard InChI is InChI=1S/C29H23Cl3N4O3/c1-36(2)20-10-7-18(8-11-20)15-26(34-28(37)22-5-3-4-6-24(22)31)29(38)35-33-17-21-12-14-27(39-21)23-16-19(30)9-13-25(23)32/h3-17H,1-2H3,(H,34,37)(H,35,38)/b26-15+,33-17-. The van der Waals surface area contributed by atoms with Crippen molar-refractivity contribution in [1.82, 2.24) is 10.7 Å². The third-order valence-corrected chi connectivity index (χ3v) is 6.40. The van der Waals surface area contributed by atoms with E-state index in [1.54, 1.807) is 60.7 Å². The molecule has 0 saturated carbocycles. The lowest BCUT2D eigenvalue weighted by atomic mass is 10.1.